The number of phenols is 1. The standard InChI is InChI=1S/C14H20FNO2/c1-2-16(10-14-4-3-5-18-14)9-11-6-12(15)8-13(17)7-11/h6-8,14,17H,2-5,9-10H2,1H3. The molecule has 4 heteroatoms. The van der Waals surface area contributed by atoms with Crippen LogP contribution in [0.15, 0.2) is 18.2 Å². The predicted molar refractivity (Wildman–Crippen MR) is 68.0 cm³/mol. The average Bonchev–Trinajstić information content (AvgIpc) is 2.79. The van der Waals surface area contributed by atoms with Crippen LogP contribution in [0.4, 0.5) is 4.39 Å². The molecule has 1 aromatic rings. The molecule has 0 radical (unpaired) electrons. The van der Waals surface area contributed by atoms with Gasteiger partial charge in [-0.25, -0.2) is 4.39 Å². The maximum atomic E-state index is 13.2. The number of benzene rings is 1. The molecule has 0 bridgehead atoms. The van der Waals surface area contributed by atoms with Crippen molar-refractivity contribution in [2.45, 2.75) is 32.4 Å². The van der Waals surface area contributed by atoms with Crippen molar-refractivity contribution in [2.75, 3.05) is 19.7 Å². The monoisotopic (exact) mass is 253 g/mol. The number of aromatic hydroxyl groups is 1. The second-order valence-electron chi connectivity index (χ2n) is 4.78. The highest BCUT2D eigenvalue weighted by atomic mass is 19.1. The average molecular weight is 253 g/mol. The first-order chi connectivity index (χ1) is 8.67. The summed E-state index contributed by atoms with van der Waals surface area (Å²) < 4.78 is 18.8. The second kappa shape index (κ2) is 6.16. The highest BCUT2D eigenvalue weighted by molar-refractivity contribution is 5.28. The molecular weight excluding hydrogens is 233 g/mol. The summed E-state index contributed by atoms with van der Waals surface area (Å²) in [6, 6.07) is 4.21. The zero-order valence-electron chi connectivity index (χ0n) is 10.7. The Balaban J connectivity index is 1.95. The Labute approximate surface area is 107 Å². The van der Waals surface area contributed by atoms with Gasteiger partial charge in [-0.1, -0.05) is 6.92 Å². The first kappa shape index (κ1) is 13.3. The van der Waals surface area contributed by atoms with Crippen molar-refractivity contribution < 1.29 is 14.2 Å². The number of ether oxygens (including phenoxy) is 1. The minimum absolute atomic E-state index is 0.0156. The van der Waals surface area contributed by atoms with Gasteiger partial charge >= 0.3 is 0 Å². The van der Waals surface area contributed by atoms with Crippen LogP contribution in [0.5, 0.6) is 5.75 Å². The van der Waals surface area contributed by atoms with Crippen LogP contribution in [-0.4, -0.2) is 35.8 Å². The number of phenolic OH excluding ortho intramolecular Hbond substituents is 1. The van der Waals surface area contributed by atoms with Gasteiger partial charge in [0.25, 0.3) is 0 Å². The summed E-state index contributed by atoms with van der Waals surface area (Å²) in [6.45, 7) is 5.32. The van der Waals surface area contributed by atoms with Gasteiger partial charge in [-0.15, -0.1) is 0 Å². The van der Waals surface area contributed by atoms with Gasteiger partial charge in [-0.05, 0) is 37.1 Å². The van der Waals surface area contributed by atoms with E-state index < -0.39 is 5.82 Å². The van der Waals surface area contributed by atoms with Crippen LogP contribution >= 0.6 is 0 Å². The number of hydrogen-bond acceptors (Lipinski definition) is 3. The normalized spacial score (nSPS) is 19.6. The predicted octanol–water partition coefficient (Wildman–Crippen LogP) is 2.53. The molecule has 100 valence electrons. The van der Waals surface area contributed by atoms with Crippen molar-refractivity contribution in [3.63, 3.8) is 0 Å². The molecule has 1 fully saturated rings. The summed E-state index contributed by atoms with van der Waals surface area (Å²) in [5, 5.41) is 9.38. The number of rotatable bonds is 5. The number of hydrogen-bond donors (Lipinski definition) is 1. The molecule has 0 saturated carbocycles. The van der Waals surface area contributed by atoms with Crippen molar-refractivity contribution >= 4 is 0 Å². The lowest BCUT2D eigenvalue weighted by molar-refractivity contribution is 0.0724. The molecule has 3 nitrogen and oxygen atoms in total. The lowest BCUT2D eigenvalue weighted by Crippen LogP contribution is -2.31. The minimum Gasteiger partial charge on any atom is -0.508 e. The van der Waals surface area contributed by atoms with Gasteiger partial charge in [0.15, 0.2) is 0 Å². The molecule has 1 aliphatic rings. The van der Waals surface area contributed by atoms with E-state index in [1.165, 1.54) is 6.07 Å². The zero-order valence-corrected chi connectivity index (χ0v) is 10.7. The molecule has 0 spiro atoms. The Morgan fingerprint density at radius 3 is 2.89 bits per heavy atom. The second-order valence-corrected chi connectivity index (χ2v) is 4.78. The summed E-state index contributed by atoms with van der Waals surface area (Å²) in [4.78, 5) is 2.21. The smallest absolute Gasteiger partial charge is 0.127 e. The van der Waals surface area contributed by atoms with E-state index in [0.717, 1.165) is 44.2 Å². The summed E-state index contributed by atoms with van der Waals surface area (Å²) in [7, 11) is 0. The van der Waals surface area contributed by atoms with Crippen LogP contribution in [0, 0.1) is 5.82 Å². The van der Waals surface area contributed by atoms with Crippen LogP contribution in [0.1, 0.15) is 25.3 Å². The van der Waals surface area contributed by atoms with Crippen LogP contribution in [0.25, 0.3) is 0 Å². The molecule has 2 rings (SSSR count). The maximum absolute atomic E-state index is 13.2. The fourth-order valence-corrected chi connectivity index (χ4v) is 2.36. The third-order valence-electron chi connectivity index (χ3n) is 3.28. The number of likely N-dealkylation sites (N-methyl/N-ethyl adjacent to an activating group) is 1. The van der Waals surface area contributed by atoms with Crippen molar-refractivity contribution in [2.24, 2.45) is 0 Å². The summed E-state index contributed by atoms with van der Waals surface area (Å²) in [5.74, 6) is -0.406. The third-order valence-corrected chi connectivity index (χ3v) is 3.28. The largest absolute Gasteiger partial charge is 0.508 e. The molecule has 1 N–H and O–H groups in total. The van der Waals surface area contributed by atoms with Crippen molar-refractivity contribution in [1.29, 1.82) is 0 Å². The van der Waals surface area contributed by atoms with Gasteiger partial charge in [0.05, 0.1) is 6.10 Å². The van der Waals surface area contributed by atoms with Crippen LogP contribution in [0.3, 0.4) is 0 Å². The molecule has 1 saturated heterocycles. The summed E-state index contributed by atoms with van der Waals surface area (Å²) >= 11 is 0. The Bertz CT molecular complexity index is 371. The molecule has 0 aromatic heterocycles. The van der Waals surface area contributed by atoms with Gasteiger partial charge in [0.2, 0.25) is 0 Å². The van der Waals surface area contributed by atoms with E-state index in [1.54, 1.807) is 6.07 Å². The molecule has 1 aliphatic heterocycles. The molecule has 0 amide bonds. The van der Waals surface area contributed by atoms with Crippen molar-refractivity contribution in [3.05, 3.63) is 29.6 Å². The van der Waals surface area contributed by atoms with Gasteiger partial charge in [0, 0.05) is 25.8 Å². The summed E-state index contributed by atoms with van der Waals surface area (Å²) in [6.07, 6.45) is 2.53. The van der Waals surface area contributed by atoms with Gasteiger partial charge < -0.3 is 9.84 Å². The van der Waals surface area contributed by atoms with E-state index in [2.05, 4.69) is 11.8 Å². The summed E-state index contributed by atoms with van der Waals surface area (Å²) in [5.41, 5.74) is 0.798. The van der Waals surface area contributed by atoms with E-state index in [-0.39, 0.29) is 5.75 Å². The molecule has 18 heavy (non-hydrogen) atoms. The first-order valence-electron chi connectivity index (χ1n) is 6.49. The molecule has 1 aromatic carbocycles. The van der Waals surface area contributed by atoms with Crippen LogP contribution in [-0.2, 0) is 11.3 Å². The Kier molecular flexibility index (Phi) is 4.55. The van der Waals surface area contributed by atoms with E-state index in [4.69, 9.17) is 4.74 Å². The highest BCUT2D eigenvalue weighted by Crippen LogP contribution is 2.18. The van der Waals surface area contributed by atoms with Gasteiger partial charge in [0.1, 0.15) is 11.6 Å². The Morgan fingerprint density at radius 1 is 1.44 bits per heavy atom. The van der Waals surface area contributed by atoms with E-state index in [9.17, 15) is 9.50 Å². The van der Waals surface area contributed by atoms with E-state index in [1.807, 2.05) is 0 Å². The Morgan fingerprint density at radius 2 is 2.28 bits per heavy atom. The maximum Gasteiger partial charge on any atom is 0.127 e. The molecule has 0 aliphatic carbocycles. The molecule has 1 unspecified atom stereocenters. The van der Waals surface area contributed by atoms with Gasteiger partial charge in [-0.3, -0.25) is 4.90 Å². The number of halogens is 1. The topological polar surface area (TPSA) is 32.7 Å². The fourth-order valence-electron chi connectivity index (χ4n) is 2.36. The van der Waals surface area contributed by atoms with Crippen molar-refractivity contribution in [1.82, 2.24) is 4.90 Å². The van der Waals surface area contributed by atoms with Crippen LogP contribution < -0.4 is 0 Å². The Hall–Kier alpha value is -1.13. The fraction of sp³-hybridized carbons (Fsp3) is 0.571. The minimum atomic E-state index is -0.391. The molecular formula is C14H20FNO2. The quantitative estimate of drug-likeness (QED) is 0.875. The molecule has 1 atom stereocenters. The zero-order chi connectivity index (χ0) is 13.0. The lowest BCUT2D eigenvalue weighted by atomic mass is 10.1. The lowest BCUT2D eigenvalue weighted by Gasteiger charge is -2.23. The van der Waals surface area contributed by atoms with E-state index in [0.29, 0.717) is 12.6 Å². The number of nitrogens with zero attached hydrogens (tertiary/aromatic N) is 1. The highest BCUT2D eigenvalue weighted by Gasteiger charge is 2.18. The molecule has 1 heterocycles. The van der Waals surface area contributed by atoms with Crippen molar-refractivity contribution in [3.8, 4) is 5.75 Å². The van der Waals surface area contributed by atoms with E-state index >= 15 is 0 Å². The SMILES string of the molecule is CCN(Cc1cc(O)cc(F)c1)CC1CCCO1. The van der Waals surface area contributed by atoms with Gasteiger partial charge in [-0.2, -0.15) is 0 Å². The first-order valence-corrected chi connectivity index (χ1v) is 6.49. The van der Waals surface area contributed by atoms with Crippen LogP contribution in [0.2, 0.25) is 0 Å². The third kappa shape index (κ3) is 3.68.